The lowest BCUT2D eigenvalue weighted by Gasteiger charge is -2.36. The van der Waals surface area contributed by atoms with Gasteiger partial charge < -0.3 is 5.11 Å². The van der Waals surface area contributed by atoms with E-state index in [0.717, 1.165) is 48.8 Å². The Balaban J connectivity index is 1.30. The molecule has 37 heavy (non-hydrogen) atoms. The van der Waals surface area contributed by atoms with Gasteiger partial charge in [-0.15, -0.1) is 11.8 Å². The van der Waals surface area contributed by atoms with Gasteiger partial charge in [-0.2, -0.15) is 0 Å². The SMILES string of the molecule is Cc1ccc(C=C(CCCCSc2ccc(CN3CC(C(=O)O)C3)cc2)c2cc(F)cc(F)c2)cc1C. The lowest BCUT2D eigenvalue weighted by Crippen LogP contribution is -2.49. The van der Waals surface area contributed by atoms with Crippen LogP contribution in [0.15, 0.2) is 65.6 Å². The van der Waals surface area contributed by atoms with Crippen LogP contribution in [0.2, 0.25) is 0 Å². The minimum atomic E-state index is -0.709. The number of thioether (sulfide) groups is 1. The summed E-state index contributed by atoms with van der Waals surface area (Å²) in [6.45, 7) is 6.16. The molecular weight excluding hydrogens is 488 g/mol. The van der Waals surface area contributed by atoms with Gasteiger partial charge in [-0.1, -0.05) is 36.4 Å². The maximum Gasteiger partial charge on any atom is 0.309 e. The first-order chi connectivity index (χ1) is 17.8. The van der Waals surface area contributed by atoms with Crippen molar-refractivity contribution in [3.63, 3.8) is 0 Å². The van der Waals surface area contributed by atoms with Crippen LogP contribution < -0.4 is 0 Å². The number of carbonyl (C=O) groups is 1. The zero-order chi connectivity index (χ0) is 26.4. The number of benzene rings is 3. The summed E-state index contributed by atoms with van der Waals surface area (Å²) in [4.78, 5) is 14.3. The Bertz CT molecular complexity index is 1250. The number of aliphatic carboxylic acids is 1. The molecule has 0 aromatic heterocycles. The van der Waals surface area contributed by atoms with Crippen molar-refractivity contribution >= 4 is 29.4 Å². The average molecular weight is 522 g/mol. The summed E-state index contributed by atoms with van der Waals surface area (Å²) in [7, 11) is 0. The van der Waals surface area contributed by atoms with Gasteiger partial charge in [0.05, 0.1) is 5.92 Å². The molecule has 0 radical (unpaired) electrons. The number of carboxylic acids is 1. The molecule has 0 spiro atoms. The largest absolute Gasteiger partial charge is 0.481 e. The summed E-state index contributed by atoms with van der Waals surface area (Å²) in [5.74, 6) is -1.10. The first kappa shape index (κ1) is 27.1. The van der Waals surface area contributed by atoms with Crippen LogP contribution in [0, 0.1) is 31.4 Å². The van der Waals surface area contributed by atoms with Gasteiger partial charge in [0.15, 0.2) is 0 Å². The predicted molar refractivity (Wildman–Crippen MR) is 148 cm³/mol. The number of unbranched alkanes of at least 4 members (excludes halogenated alkanes) is 1. The van der Waals surface area contributed by atoms with Crippen molar-refractivity contribution in [3.8, 4) is 0 Å². The molecule has 4 rings (SSSR count). The smallest absolute Gasteiger partial charge is 0.309 e. The molecule has 0 bridgehead atoms. The van der Waals surface area contributed by atoms with Crippen molar-refractivity contribution in [3.05, 3.63) is 100 Å². The van der Waals surface area contributed by atoms with E-state index in [1.165, 1.54) is 33.7 Å². The molecule has 1 aliphatic heterocycles. The summed E-state index contributed by atoms with van der Waals surface area (Å²) in [5, 5.41) is 9.01. The number of hydrogen-bond donors (Lipinski definition) is 1. The fourth-order valence-corrected chi connectivity index (χ4v) is 5.42. The highest BCUT2D eigenvalue weighted by Gasteiger charge is 2.32. The van der Waals surface area contributed by atoms with Gasteiger partial charge in [0, 0.05) is 30.6 Å². The third kappa shape index (κ3) is 7.76. The Morgan fingerprint density at radius 2 is 1.68 bits per heavy atom. The van der Waals surface area contributed by atoms with Crippen molar-refractivity contribution in [2.75, 3.05) is 18.8 Å². The summed E-state index contributed by atoms with van der Waals surface area (Å²) >= 11 is 1.80. The maximum atomic E-state index is 13.9. The van der Waals surface area contributed by atoms with Crippen LogP contribution in [0.25, 0.3) is 11.6 Å². The zero-order valence-corrected chi connectivity index (χ0v) is 22.2. The van der Waals surface area contributed by atoms with Gasteiger partial charge in [0.25, 0.3) is 0 Å². The molecule has 0 unspecified atom stereocenters. The minimum absolute atomic E-state index is 0.230. The molecular formula is C31H33F2NO2S. The number of nitrogens with zero attached hydrogens (tertiary/aromatic N) is 1. The molecule has 194 valence electrons. The van der Waals surface area contributed by atoms with Crippen molar-refractivity contribution in [2.45, 2.75) is 44.6 Å². The van der Waals surface area contributed by atoms with Crippen LogP contribution in [-0.4, -0.2) is 34.8 Å². The normalized spacial score (nSPS) is 14.5. The first-order valence-electron chi connectivity index (χ1n) is 12.7. The molecule has 0 aliphatic carbocycles. The van der Waals surface area contributed by atoms with Crippen LogP contribution >= 0.6 is 11.8 Å². The molecule has 3 aromatic rings. The summed E-state index contributed by atoms with van der Waals surface area (Å²) in [6, 6.07) is 18.4. The topological polar surface area (TPSA) is 40.5 Å². The number of aryl methyl sites for hydroxylation is 2. The monoisotopic (exact) mass is 521 g/mol. The molecule has 6 heteroatoms. The Morgan fingerprint density at radius 1 is 0.973 bits per heavy atom. The second-order valence-electron chi connectivity index (χ2n) is 9.85. The number of halogens is 2. The molecule has 1 fully saturated rings. The van der Waals surface area contributed by atoms with E-state index in [1.807, 2.05) is 12.1 Å². The summed E-state index contributed by atoms with van der Waals surface area (Å²) in [5.41, 5.74) is 6.16. The highest BCUT2D eigenvalue weighted by atomic mass is 32.2. The minimum Gasteiger partial charge on any atom is -0.481 e. The number of hydrogen-bond acceptors (Lipinski definition) is 3. The molecule has 3 aromatic carbocycles. The van der Waals surface area contributed by atoms with E-state index in [2.05, 4.69) is 55.1 Å². The van der Waals surface area contributed by atoms with Crippen LogP contribution in [-0.2, 0) is 11.3 Å². The Hall–Kier alpha value is -2.96. The highest BCUT2D eigenvalue weighted by molar-refractivity contribution is 7.99. The van der Waals surface area contributed by atoms with Gasteiger partial charge in [0.1, 0.15) is 11.6 Å². The predicted octanol–water partition coefficient (Wildman–Crippen LogP) is 7.60. The molecule has 1 saturated heterocycles. The van der Waals surface area contributed by atoms with Gasteiger partial charge in [-0.3, -0.25) is 9.69 Å². The van der Waals surface area contributed by atoms with Gasteiger partial charge in [-0.25, -0.2) is 8.78 Å². The van der Waals surface area contributed by atoms with E-state index in [-0.39, 0.29) is 5.92 Å². The molecule has 1 aliphatic rings. The van der Waals surface area contributed by atoms with Crippen LogP contribution in [0.5, 0.6) is 0 Å². The molecule has 3 nitrogen and oxygen atoms in total. The number of likely N-dealkylation sites (tertiary alicyclic amines) is 1. The lowest BCUT2D eigenvalue weighted by atomic mass is 9.96. The quantitative estimate of drug-likeness (QED) is 0.160. The standard InChI is InChI=1S/C31H33F2NO2S/c1-21-6-7-24(13-22(21)2)14-25(26-15-28(32)17-29(33)16-26)5-3-4-12-37-30-10-8-23(9-11-30)18-34-19-27(20-34)31(35)36/h6-11,13-17,27H,3-5,12,18-20H2,1-2H3,(H,35,36). The number of allylic oxidation sites excluding steroid dienone is 1. The van der Waals surface area contributed by atoms with E-state index in [9.17, 15) is 13.6 Å². The third-order valence-corrected chi connectivity index (χ3v) is 7.95. The van der Waals surface area contributed by atoms with E-state index in [1.54, 1.807) is 11.8 Å². The number of rotatable bonds is 11. The summed E-state index contributed by atoms with van der Waals surface area (Å²) in [6.07, 6.45) is 4.68. The summed E-state index contributed by atoms with van der Waals surface area (Å²) < 4.78 is 27.9. The molecule has 1 N–H and O–H groups in total. The van der Waals surface area contributed by atoms with Gasteiger partial charge in [0.2, 0.25) is 0 Å². The number of carboxylic acid groups (broad SMARTS) is 1. The second kappa shape index (κ2) is 12.5. The molecule has 1 heterocycles. The lowest BCUT2D eigenvalue weighted by molar-refractivity contribution is -0.147. The van der Waals surface area contributed by atoms with E-state index >= 15 is 0 Å². The van der Waals surface area contributed by atoms with Crippen LogP contribution in [0.1, 0.15) is 47.1 Å². The van der Waals surface area contributed by atoms with Gasteiger partial charge >= 0.3 is 5.97 Å². The fraction of sp³-hybridized carbons (Fsp3) is 0.323. The zero-order valence-electron chi connectivity index (χ0n) is 21.3. The highest BCUT2D eigenvalue weighted by Crippen LogP contribution is 2.28. The molecule has 0 amide bonds. The Labute approximate surface area is 222 Å². The van der Waals surface area contributed by atoms with Gasteiger partial charge in [-0.05, 0) is 96.5 Å². The van der Waals surface area contributed by atoms with Crippen LogP contribution in [0.4, 0.5) is 8.78 Å². The maximum absolute atomic E-state index is 13.9. The average Bonchev–Trinajstić information content (AvgIpc) is 2.82. The second-order valence-corrected chi connectivity index (χ2v) is 11.0. The molecule has 0 atom stereocenters. The Morgan fingerprint density at radius 3 is 2.32 bits per heavy atom. The fourth-order valence-electron chi connectivity index (χ4n) is 4.51. The molecule has 0 saturated carbocycles. The van der Waals surface area contributed by atoms with E-state index in [0.29, 0.717) is 18.7 Å². The Kier molecular flexibility index (Phi) is 9.17. The van der Waals surface area contributed by atoms with Crippen molar-refractivity contribution in [1.29, 1.82) is 0 Å². The van der Waals surface area contributed by atoms with Crippen molar-refractivity contribution in [2.24, 2.45) is 5.92 Å². The van der Waals surface area contributed by atoms with Crippen LogP contribution in [0.3, 0.4) is 0 Å². The van der Waals surface area contributed by atoms with E-state index < -0.39 is 17.6 Å². The van der Waals surface area contributed by atoms with Crippen molar-refractivity contribution < 1.29 is 18.7 Å². The first-order valence-corrected chi connectivity index (χ1v) is 13.7. The van der Waals surface area contributed by atoms with E-state index in [4.69, 9.17) is 5.11 Å². The van der Waals surface area contributed by atoms with Crippen molar-refractivity contribution in [1.82, 2.24) is 4.90 Å². The third-order valence-electron chi connectivity index (χ3n) is 6.85.